The normalized spacial score (nSPS) is 10.0. The van der Waals surface area contributed by atoms with E-state index < -0.39 is 0 Å². The molecule has 0 saturated carbocycles. The summed E-state index contributed by atoms with van der Waals surface area (Å²) < 4.78 is 10.2. The van der Waals surface area contributed by atoms with Gasteiger partial charge in [-0.05, 0) is 42.2 Å². The van der Waals surface area contributed by atoms with Gasteiger partial charge in [-0.25, -0.2) is 4.79 Å². The molecule has 0 aliphatic carbocycles. The number of carbonyl (C=O) groups is 1. The zero-order valence-electron chi connectivity index (χ0n) is 10.3. The highest BCUT2D eigenvalue weighted by Gasteiger charge is 2.04. The average molecular weight is 254 g/mol. The molecule has 1 aromatic carbocycles. The van der Waals surface area contributed by atoms with Gasteiger partial charge in [0.05, 0.1) is 19.3 Å². The van der Waals surface area contributed by atoms with Crippen LogP contribution < -0.4 is 4.74 Å². The molecule has 0 aromatic heterocycles. The maximum Gasteiger partial charge on any atom is 0.337 e. The fourth-order valence-corrected chi connectivity index (χ4v) is 1.91. The van der Waals surface area contributed by atoms with Crippen LogP contribution in [0, 0.1) is 0 Å². The first-order chi connectivity index (χ1) is 8.27. The van der Waals surface area contributed by atoms with Crippen LogP contribution >= 0.6 is 11.8 Å². The molecule has 0 heterocycles. The second kappa shape index (κ2) is 8.01. The summed E-state index contributed by atoms with van der Waals surface area (Å²) in [5.74, 6) is 2.74. The Balaban J connectivity index is 2.33. The first-order valence-electron chi connectivity index (χ1n) is 5.67. The predicted molar refractivity (Wildman–Crippen MR) is 70.9 cm³/mol. The molecule has 0 aliphatic heterocycles. The molecule has 94 valence electrons. The van der Waals surface area contributed by atoms with Crippen molar-refractivity contribution in [3.8, 4) is 5.75 Å². The van der Waals surface area contributed by atoms with Crippen molar-refractivity contribution in [3.63, 3.8) is 0 Å². The maximum absolute atomic E-state index is 11.2. The van der Waals surface area contributed by atoms with Gasteiger partial charge < -0.3 is 9.47 Å². The van der Waals surface area contributed by atoms with E-state index in [0.717, 1.165) is 23.7 Å². The first kappa shape index (κ1) is 13.9. The number of esters is 1. The summed E-state index contributed by atoms with van der Waals surface area (Å²) in [5.41, 5.74) is 0.543. The van der Waals surface area contributed by atoms with Crippen molar-refractivity contribution in [2.75, 3.05) is 25.2 Å². The highest BCUT2D eigenvalue weighted by atomic mass is 32.2. The minimum atomic E-state index is -0.323. The van der Waals surface area contributed by atoms with Gasteiger partial charge in [0, 0.05) is 0 Å². The summed E-state index contributed by atoms with van der Waals surface area (Å²) in [6.45, 7) is 2.86. The van der Waals surface area contributed by atoms with Gasteiger partial charge in [-0.1, -0.05) is 6.92 Å². The molecule has 0 spiro atoms. The van der Waals surface area contributed by atoms with Crippen molar-refractivity contribution in [1.29, 1.82) is 0 Å². The molecule has 0 bridgehead atoms. The van der Waals surface area contributed by atoms with Crippen molar-refractivity contribution in [2.45, 2.75) is 13.3 Å². The Bertz CT molecular complexity index is 335. The third-order valence-corrected chi connectivity index (χ3v) is 3.17. The number of hydrogen-bond donors (Lipinski definition) is 0. The second-order valence-electron chi connectivity index (χ2n) is 3.41. The number of hydrogen-bond acceptors (Lipinski definition) is 4. The highest BCUT2D eigenvalue weighted by molar-refractivity contribution is 7.99. The standard InChI is InChI=1S/C13H18O3S/c1-3-17-10-4-9-16-12-7-5-11(6-8-12)13(14)15-2/h5-8H,3-4,9-10H2,1-2H3. The molecule has 0 radical (unpaired) electrons. The van der Waals surface area contributed by atoms with Crippen molar-refractivity contribution in [3.05, 3.63) is 29.8 Å². The molecule has 17 heavy (non-hydrogen) atoms. The van der Waals surface area contributed by atoms with Crippen LogP contribution in [0.1, 0.15) is 23.7 Å². The Labute approximate surface area is 106 Å². The van der Waals surface area contributed by atoms with E-state index in [1.165, 1.54) is 7.11 Å². The van der Waals surface area contributed by atoms with E-state index in [0.29, 0.717) is 12.2 Å². The average Bonchev–Trinajstić information content (AvgIpc) is 2.38. The molecule has 3 nitrogen and oxygen atoms in total. The fourth-order valence-electron chi connectivity index (χ4n) is 1.30. The van der Waals surface area contributed by atoms with Crippen molar-refractivity contribution in [1.82, 2.24) is 0 Å². The Morgan fingerprint density at radius 1 is 1.29 bits per heavy atom. The molecule has 4 heteroatoms. The zero-order valence-corrected chi connectivity index (χ0v) is 11.1. The monoisotopic (exact) mass is 254 g/mol. The van der Waals surface area contributed by atoms with Gasteiger partial charge in [-0.2, -0.15) is 11.8 Å². The Morgan fingerprint density at radius 2 is 2.00 bits per heavy atom. The Morgan fingerprint density at radius 3 is 2.59 bits per heavy atom. The number of benzene rings is 1. The molecule has 0 atom stereocenters. The lowest BCUT2D eigenvalue weighted by molar-refractivity contribution is 0.0600. The summed E-state index contributed by atoms with van der Waals surface area (Å²) in [6, 6.07) is 7.00. The summed E-state index contributed by atoms with van der Waals surface area (Å²) >= 11 is 1.91. The van der Waals surface area contributed by atoms with Crippen LogP contribution in [0.4, 0.5) is 0 Å². The largest absolute Gasteiger partial charge is 0.494 e. The second-order valence-corrected chi connectivity index (χ2v) is 4.81. The molecule has 0 unspecified atom stereocenters. The van der Waals surface area contributed by atoms with Gasteiger partial charge in [0.1, 0.15) is 5.75 Å². The van der Waals surface area contributed by atoms with Gasteiger partial charge in [0.2, 0.25) is 0 Å². The Kier molecular flexibility index (Phi) is 6.55. The molecular formula is C13H18O3S. The lowest BCUT2D eigenvalue weighted by atomic mass is 10.2. The van der Waals surface area contributed by atoms with Gasteiger partial charge in [0.15, 0.2) is 0 Å². The van der Waals surface area contributed by atoms with Gasteiger partial charge in [0.25, 0.3) is 0 Å². The highest BCUT2D eigenvalue weighted by Crippen LogP contribution is 2.13. The van der Waals surface area contributed by atoms with Crippen LogP contribution in [0.3, 0.4) is 0 Å². The zero-order chi connectivity index (χ0) is 12.5. The van der Waals surface area contributed by atoms with E-state index in [1.54, 1.807) is 24.3 Å². The smallest absolute Gasteiger partial charge is 0.337 e. The SMILES string of the molecule is CCSCCCOc1ccc(C(=O)OC)cc1. The van der Waals surface area contributed by atoms with Gasteiger partial charge in [-0.3, -0.25) is 0 Å². The molecule has 0 fully saturated rings. The summed E-state index contributed by atoms with van der Waals surface area (Å²) in [4.78, 5) is 11.2. The minimum Gasteiger partial charge on any atom is -0.494 e. The number of methoxy groups -OCH3 is 1. The number of rotatable bonds is 7. The Hall–Kier alpha value is -1.16. The molecule has 1 aromatic rings. The van der Waals surface area contributed by atoms with Crippen LogP contribution in [0.25, 0.3) is 0 Å². The molecule has 0 aliphatic rings. The molecular weight excluding hydrogens is 236 g/mol. The fraction of sp³-hybridized carbons (Fsp3) is 0.462. The summed E-state index contributed by atoms with van der Waals surface area (Å²) in [5, 5.41) is 0. The van der Waals surface area contributed by atoms with Gasteiger partial charge >= 0.3 is 5.97 Å². The predicted octanol–water partition coefficient (Wildman–Crippen LogP) is 3.00. The molecule has 1 rings (SSSR count). The third-order valence-electron chi connectivity index (χ3n) is 2.18. The topological polar surface area (TPSA) is 35.5 Å². The third kappa shape index (κ3) is 5.13. The van der Waals surface area contributed by atoms with E-state index in [4.69, 9.17) is 4.74 Å². The van der Waals surface area contributed by atoms with E-state index >= 15 is 0 Å². The van der Waals surface area contributed by atoms with E-state index in [-0.39, 0.29) is 5.97 Å². The van der Waals surface area contributed by atoms with Crippen LogP contribution in [0.15, 0.2) is 24.3 Å². The van der Waals surface area contributed by atoms with Crippen LogP contribution in [-0.4, -0.2) is 31.2 Å². The minimum absolute atomic E-state index is 0.323. The molecule has 0 N–H and O–H groups in total. The van der Waals surface area contributed by atoms with E-state index in [2.05, 4.69) is 11.7 Å². The maximum atomic E-state index is 11.2. The van der Waals surface area contributed by atoms with Crippen molar-refractivity contribution < 1.29 is 14.3 Å². The quantitative estimate of drug-likeness (QED) is 0.553. The first-order valence-corrected chi connectivity index (χ1v) is 6.82. The molecule has 0 amide bonds. The van der Waals surface area contributed by atoms with Crippen LogP contribution in [-0.2, 0) is 4.74 Å². The number of thioether (sulfide) groups is 1. The lowest BCUT2D eigenvalue weighted by Gasteiger charge is -2.06. The van der Waals surface area contributed by atoms with Crippen molar-refractivity contribution >= 4 is 17.7 Å². The van der Waals surface area contributed by atoms with Crippen molar-refractivity contribution in [2.24, 2.45) is 0 Å². The van der Waals surface area contributed by atoms with Crippen LogP contribution in [0.5, 0.6) is 5.75 Å². The van der Waals surface area contributed by atoms with E-state index in [1.807, 2.05) is 11.8 Å². The summed E-state index contributed by atoms with van der Waals surface area (Å²) in [7, 11) is 1.37. The number of carbonyl (C=O) groups excluding carboxylic acids is 1. The van der Waals surface area contributed by atoms with Gasteiger partial charge in [-0.15, -0.1) is 0 Å². The lowest BCUT2D eigenvalue weighted by Crippen LogP contribution is -2.02. The van der Waals surface area contributed by atoms with Crippen LogP contribution in [0.2, 0.25) is 0 Å². The van der Waals surface area contributed by atoms with E-state index in [9.17, 15) is 4.79 Å². The number of ether oxygens (including phenoxy) is 2. The molecule has 0 saturated heterocycles. The summed E-state index contributed by atoms with van der Waals surface area (Å²) in [6.07, 6.45) is 1.04.